The van der Waals surface area contributed by atoms with Crippen molar-refractivity contribution in [3.05, 3.63) is 28.7 Å². The smallest absolute Gasteiger partial charge is 0.189 e. The van der Waals surface area contributed by atoms with Crippen LogP contribution in [-0.2, 0) is 0 Å². The lowest BCUT2D eigenvalue weighted by Crippen LogP contribution is -1.93. The zero-order chi connectivity index (χ0) is 11.0. The Morgan fingerprint density at radius 2 is 2.07 bits per heavy atom. The van der Waals surface area contributed by atoms with Gasteiger partial charge in [0.05, 0.1) is 5.52 Å². The van der Waals surface area contributed by atoms with E-state index in [9.17, 15) is 4.39 Å². The number of hydrogen-bond donors (Lipinski definition) is 0. The largest absolute Gasteiger partial charge is 0.222 e. The molecular formula is C10H8ClFN2S. The molecule has 0 fully saturated rings. The van der Waals surface area contributed by atoms with Crippen molar-refractivity contribution >= 4 is 34.3 Å². The average molecular weight is 243 g/mol. The van der Waals surface area contributed by atoms with Crippen molar-refractivity contribution in [3.63, 3.8) is 0 Å². The minimum Gasteiger partial charge on any atom is -0.222 e. The van der Waals surface area contributed by atoms with E-state index in [1.807, 2.05) is 6.26 Å². The number of nitrogens with zero attached hydrogens (tertiary/aromatic N) is 2. The van der Waals surface area contributed by atoms with Crippen LogP contribution in [0.3, 0.4) is 0 Å². The van der Waals surface area contributed by atoms with Crippen molar-refractivity contribution in [1.29, 1.82) is 0 Å². The van der Waals surface area contributed by atoms with E-state index in [-0.39, 0.29) is 5.82 Å². The zero-order valence-corrected chi connectivity index (χ0v) is 9.79. The number of benzene rings is 1. The molecule has 5 heteroatoms. The lowest BCUT2D eigenvalue weighted by atomic mass is 10.1. The highest BCUT2D eigenvalue weighted by Gasteiger charge is 2.10. The van der Waals surface area contributed by atoms with Crippen LogP contribution in [0, 0.1) is 12.7 Å². The van der Waals surface area contributed by atoms with Crippen LogP contribution in [0.4, 0.5) is 4.39 Å². The second-order valence-corrected chi connectivity index (χ2v) is 4.20. The van der Waals surface area contributed by atoms with Crippen molar-refractivity contribution in [1.82, 2.24) is 9.97 Å². The molecule has 0 aliphatic heterocycles. The first-order chi connectivity index (χ1) is 7.13. The molecule has 0 saturated heterocycles. The highest BCUT2D eigenvalue weighted by atomic mass is 35.5. The molecule has 2 rings (SSSR count). The molecule has 0 aliphatic rings. The third kappa shape index (κ3) is 1.79. The molecule has 1 aromatic heterocycles. The van der Waals surface area contributed by atoms with E-state index < -0.39 is 0 Å². The normalized spacial score (nSPS) is 10.9. The van der Waals surface area contributed by atoms with Gasteiger partial charge in [0, 0.05) is 10.9 Å². The Morgan fingerprint density at radius 1 is 1.33 bits per heavy atom. The number of aromatic nitrogens is 2. The van der Waals surface area contributed by atoms with Crippen molar-refractivity contribution in [2.45, 2.75) is 12.1 Å². The number of thioether (sulfide) groups is 1. The molecule has 2 nitrogen and oxygen atoms in total. The fourth-order valence-electron chi connectivity index (χ4n) is 1.34. The molecule has 0 aliphatic carbocycles. The molecule has 0 saturated carbocycles. The number of hydrogen-bond acceptors (Lipinski definition) is 3. The number of fused-ring (bicyclic) bond motifs is 1. The Kier molecular flexibility index (Phi) is 2.80. The summed E-state index contributed by atoms with van der Waals surface area (Å²) in [5.41, 5.74) is 1.09. The van der Waals surface area contributed by atoms with Crippen LogP contribution in [0.15, 0.2) is 17.3 Å². The van der Waals surface area contributed by atoms with Gasteiger partial charge in [0.1, 0.15) is 11.0 Å². The van der Waals surface area contributed by atoms with Gasteiger partial charge in [-0.1, -0.05) is 23.4 Å². The highest BCUT2D eigenvalue weighted by Crippen LogP contribution is 2.26. The fourth-order valence-corrected chi connectivity index (χ4v) is 1.99. The van der Waals surface area contributed by atoms with Crippen LogP contribution in [0.5, 0.6) is 0 Å². The molecule has 0 amide bonds. The standard InChI is InChI=1S/C10H8ClFN2S/c1-5-7(12)4-3-6-8(5)13-10(15-2)14-9(6)11/h3-4H,1-2H3. The van der Waals surface area contributed by atoms with Gasteiger partial charge in [0.15, 0.2) is 5.16 Å². The summed E-state index contributed by atoms with van der Waals surface area (Å²) in [4.78, 5) is 8.33. The van der Waals surface area contributed by atoms with Crippen molar-refractivity contribution in [2.75, 3.05) is 6.26 Å². The van der Waals surface area contributed by atoms with Gasteiger partial charge in [-0.3, -0.25) is 0 Å². The Hall–Kier alpha value is -0.870. The van der Waals surface area contributed by atoms with Crippen molar-refractivity contribution < 1.29 is 4.39 Å². The van der Waals surface area contributed by atoms with E-state index in [4.69, 9.17) is 11.6 Å². The molecule has 78 valence electrons. The van der Waals surface area contributed by atoms with Gasteiger partial charge in [-0.05, 0) is 25.3 Å². The molecule has 15 heavy (non-hydrogen) atoms. The predicted octanol–water partition coefficient (Wildman–Crippen LogP) is 3.45. The van der Waals surface area contributed by atoms with Gasteiger partial charge in [0.2, 0.25) is 0 Å². The molecule has 0 N–H and O–H groups in total. The van der Waals surface area contributed by atoms with Gasteiger partial charge in [-0.2, -0.15) is 0 Å². The minimum absolute atomic E-state index is 0.274. The fraction of sp³-hybridized carbons (Fsp3) is 0.200. The molecule has 0 unspecified atom stereocenters. The monoisotopic (exact) mass is 242 g/mol. The molecule has 1 heterocycles. The van der Waals surface area contributed by atoms with E-state index in [2.05, 4.69) is 9.97 Å². The van der Waals surface area contributed by atoms with Crippen LogP contribution >= 0.6 is 23.4 Å². The third-order valence-corrected chi connectivity index (χ3v) is 3.01. The van der Waals surface area contributed by atoms with E-state index >= 15 is 0 Å². The molecular weight excluding hydrogens is 235 g/mol. The Bertz CT molecular complexity index is 530. The summed E-state index contributed by atoms with van der Waals surface area (Å²) in [6.07, 6.45) is 1.85. The average Bonchev–Trinajstić information content (AvgIpc) is 2.23. The maximum atomic E-state index is 13.3. The van der Waals surface area contributed by atoms with Crippen LogP contribution < -0.4 is 0 Å². The summed E-state index contributed by atoms with van der Waals surface area (Å²) < 4.78 is 13.3. The number of aryl methyl sites for hydroxylation is 1. The first-order valence-electron chi connectivity index (χ1n) is 4.30. The summed E-state index contributed by atoms with van der Waals surface area (Å²) >= 11 is 7.36. The SMILES string of the molecule is CSc1nc(Cl)c2ccc(F)c(C)c2n1. The van der Waals surface area contributed by atoms with Crippen LogP contribution in [0.25, 0.3) is 10.9 Å². The van der Waals surface area contributed by atoms with E-state index in [0.29, 0.717) is 26.8 Å². The Balaban J connectivity index is 2.86. The summed E-state index contributed by atoms with van der Waals surface area (Å²) in [6, 6.07) is 2.98. The van der Waals surface area contributed by atoms with E-state index in [1.165, 1.54) is 17.8 Å². The van der Waals surface area contributed by atoms with Crippen molar-refractivity contribution in [3.8, 4) is 0 Å². The topological polar surface area (TPSA) is 25.8 Å². The van der Waals surface area contributed by atoms with E-state index in [0.717, 1.165) is 0 Å². The lowest BCUT2D eigenvalue weighted by Gasteiger charge is -2.05. The molecule has 0 bridgehead atoms. The highest BCUT2D eigenvalue weighted by molar-refractivity contribution is 7.98. The minimum atomic E-state index is -0.274. The van der Waals surface area contributed by atoms with Gasteiger partial charge in [0.25, 0.3) is 0 Å². The van der Waals surface area contributed by atoms with Gasteiger partial charge in [-0.15, -0.1) is 0 Å². The number of halogens is 2. The summed E-state index contributed by atoms with van der Waals surface area (Å²) in [5, 5.41) is 1.61. The third-order valence-electron chi connectivity index (χ3n) is 2.17. The summed E-state index contributed by atoms with van der Waals surface area (Å²) in [5.74, 6) is -0.274. The summed E-state index contributed by atoms with van der Waals surface area (Å²) in [6.45, 7) is 1.69. The predicted molar refractivity (Wildman–Crippen MR) is 61.0 cm³/mol. The van der Waals surface area contributed by atoms with Gasteiger partial charge in [-0.25, -0.2) is 14.4 Å². The first-order valence-corrected chi connectivity index (χ1v) is 5.90. The molecule has 0 spiro atoms. The Labute approximate surface area is 95.9 Å². The van der Waals surface area contributed by atoms with Gasteiger partial charge >= 0.3 is 0 Å². The van der Waals surface area contributed by atoms with E-state index in [1.54, 1.807) is 13.0 Å². The van der Waals surface area contributed by atoms with Crippen LogP contribution in [-0.4, -0.2) is 16.2 Å². The maximum absolute atomic E-state index is 13.3. The molecule has 0 radical (unpaired) electrons. The second-order valence-electron chi connectivity index (χ2n) is 3.07. The van der Waals surface area contributed by atoms with Crippen LogP contribution in [0.2, 0.25) is 5.15 Å². The Morgan fingerprint density at radius 3 is 2.73 bits per heavy atom. The first kappa shape index (κ1) is 10.6. The maximum Gasteiger partial charge on any atom is 0.189 e. The second kappa shape index (κ2) is 3.94. The molecule has 0 atom stereocenters. The molecule has 2 aromatic rings. The summed E-state index contributed by atoms with van der Waals surface area (Å²) in [7, 11) is 0. The van der Waals surface area contributed by atoms with Crippen LogP contribution in [0.1, 0.15) is 5.56 Å². The van der Waals surface area contributed by atoms with Gasteiger partial charge < -0.3 is 0 Å². The zero-order valence-electron chi connectivity index (χ0n) is 8.21. The lowest BCUT2D eigenvalue weighted by molar-refractivity contribution is 0.620. The molecule has 1 aromatic carbocycles. The number of rotatable bonds is 1. The quantitative estimate of drug-likeness (QED) is 0.435. The van der Waals surface area contributed by atoms with Crippen molar-refractivity contribution in [2.24, 2.45) is 0 Å².